The van der Waals surface area contributed by atoms with Crippen LogP contribution in [0.2, 0.25) is 0 Å². The average Bonchev–Trinajstić information content (AvgIpc) is 2.98. The van der Waals surface area contributed by atoms with Crippen LogP contribution in [0.4, 0.5) is 0 Å². The zero-order valence-electron chi connectivity index (χ0n) is 11.9. The maximum absolute atomic E-state index is 12.3. The number of benzene rings is 1. The third-order valence-electron chi connectivity index (χ3n) is 3.91. The second-order valence-corrected chi connectivity index (χ2v) is 6.02. The first-order chi connectivity index (χ1) is 9.48. The standard InChI is InChI=1S/C16H20N2O2/c1-12(2)17-8-9-18(15(17)19)14-5-3-4-13(10-14)11-16(20)6-7-16/h3-5,8-10,12,20H,6-7,11H2,1-2H3. The topological polar surface area (TPSA) is 47.2 Å². The molecule has 1 fully saturated rings. The molecule has 0 radical (unpaired) electrons. The van der Waals surface area contributed by atoms with Gasteiger partial charge in [0.2, 0.25) is 0 Å². The van der Waals surface area contributed by atoms with Gasteiger partial charge in [-0.25, -0.2) is 4.79 Å². The van der Waals surface area contributed by atoms with Crippen LogP contribution in [-0.2, 0) is 6.42 Å². The first-order valence-electron chi connectivity index (χ1n) is 7.10. The molecule has 0 aliphatic heterocycles. The summed E-state index contributed by atoms with van der Waals surface area (Å²) in [4.78, 5) is 12.3. The molecule has 1 N–H and O–H groups in total. The molecule has 0 unspecified atom stereocenters. The zero-order valence-corrected chi connectivity index (χ0v) is 11.9. The van der Waals surface area contributed by atoms with Crippen molar-refractivity contribution in [3.63, 3.8) is 0 Å². The molecule has 1 saturated carbocycles. The van der Waals surface area contributed by atoms with Crippen LogP contribution >= 0.6 is 0 Å². The van der Waals surface area contributed by atoms with Crippen molar-refractivity contribution in [2.24, 2.45) is 0 Å². The molecule has 4 heteroatoms. The van der Waals surface area contributed by atoms with E-state index in [2.05, 4.69) is 0 Å². The SMILES string of the molecule is CC(C)n1ccn(-c2cccc(CC3(O)CC3)c2)c1=O. The Labute approximate surface area is 118 Å². The molecule has 0 saturated heterocycles. The lowest BCUT2D eigenvalue weighted by molar-refractivity contribution is 0.151. The van der Waals surface area contributed by atoms with Crippen LogP contribution in [0.1, 0.15) is 38.3 Å². The molecule has 20 heavy (non-hydrogen) atoms. The van der Waals surface area contributed by atoms with Gasteiger partial charge in [-0.3, -0.25) is 9.13 Å². The monoisotopic (exact) mass is 272 g/mol. The van der Waals surface area contributed by atoms with Crippen molar-refractivity contribution < 1.29 is 5.11 Å². The van der Waals surface area contributed by atoms with Crippen molar-refractivity contribution in [1.29, 1.82) is 0 Å². The molecule has 1 aliphatic rings. The summed E-state index contributed by atoms with van der Waals surface area (Å²) in [5.74, 6) is 0. The predicted molar refractivity (Wildman–Crippen MR) is 78.3 cm³/mol. The van der Waals surface area contributed by atoms with Gasteiger partial charge in [0, 0.05) is 24.9 Å². The van der Waals surface area contributed by atoms with Crippen LogP contribution in [0.25, 0.3) is 5.69 Å². The quantitative estimate of drug-likeness (QED) is 0.928. The molecule has 1 aromatic heterocycles. The first-order valence-corrected chi connectivity index (χ1v) is 7.10. The van der Waals surface area contributed by atoms with Gasteiger partial charge >= 0.3 is 5.69 Å². The number of hydrogen-bond acceptors (Lipinski definition) is 2. The van der Waals surface area contributed by atoms with Crippen molar-refractivity contribution in [3.8, 4) is 5.69 Å². The van der Waals surface area contributed by atoms with E-state index < -0.39 is 5.60 Å². The molecule has 1 heterocycles. The molecule has 0 bridgehead atoms. The summed E-state index contributed by atoms with van der Waals surface area (Å²) in [5.41, 5.74) is 1.40. The van der Waals surface area contributed by atoms with Crippen LogP contribution in [0.15, 0.2) is 41.5 Å². The number of hydrogen-bond donors (Lipinski definition) is 1. The molecule has 3 rings (SSSR count). The highest BCUT2D eigenvalue weighted by molar-refractivity contribution is 5.37. The second-order valence-electron chi connectivity index (χ2n) is 6.02. The van der Waals surface area contributed by atoms with Crippen LogP contribution in [0.3, 0.4) is 0 Å². The largest absolute Gasteiger partial charge is 0.390 e. The molecule has 0 atom stereocenters. The highest BCUT2D eigenvalue weighted by atomic mass is 16.3. The van der Waals surface area contributed by atoms with Crippen molar-refractivity contribution in [2.45, 2.75) is 44.8 Å². The van der Waals surface area contributed by atoms with E-state index in [1.165, 1.54) is 0 Å². The molecule has 0 spiro atoms. The smallest absolute Gasteiger partial charge is 0.332 e. The maximum Gasteiger partial charge on any atom is 0.332 e. The normalized spacial score (nSPS) is 16.6. The van der Waals surface area contributed by atoms with E-state index in [-0.39, 0.29) is 11.7 Å². The second kappa shape index (κ2) is 4.63. The zero-order chi connectivity index (χ0) is 14.3. The van der Waals surface area contributed by atoms with Gasteiger partial charge < -0.3 is 5.11 Å². The van der Waals surface area contributed by atoms with Crippen molar-refractivity contribution >= 4 is 0 Å². The van der Waals surface area contributed by atoms with Gasteiger partial charge in [-0.1, -0.05) is 12.1 Å². The fourth-order valence-corrected chi connectivity index (χ4v) is 2.50. The van der Waals surface area contributed by atoms with Gasteiger partial charge in [0.25, 0.3) is 0 Å². The molecule has 0 amide bonds. The number of aliphatic hydroxyl groups is 1. The van der Waals surface area contributed by atoms with E-state index in [1.54, 1.807) is 15.3 Å². The van der Waals surface area contributed by atoms with Crippen LogP contribution in [0.5, 0.6) is 0 Å². The number of aromatic nitrogens is 2. The molecule has 1 aromatic carbocycles. The van der Waals surface area contributed by atoms with Gasteiger partial charge in [0.15, 0.2) is 0 Å². The maximum atomic E-state index is 12.3. The summed E-state index contributed by atoms with van der Waals surface area (Å²) < 4.78 is 3.36. The van der Waals surface area contributed by atoms with Crippen LogP contribution < -0.4 is 5.69 Å². The van der Waals surface area contributed by atoms with E-state index in [0.29, 0.717) is 6.42 Å². The lowest BCUT2D eigenvalue weighted by Crippen LogP contribution is -2.24. The van der Waals surface area contributed by atoms with Crippen molar-refractivity contribution in [3.05, 3.63) is 52.7 Å². The third kappa shape index (κ3) is 2.43. The highest BCUT2D eigenvalue weighted by Gasteiger charge is 2.40. The summed E-state index contributed by atoms with van der Waals surface area (Å²) in [6.07, 6.45) is 6.03. The first kappa shape index (κ1) is 13.2. The summed E-state index contributed by atoms with van der Waals surface area (Å²) >= 11 is 0. The molecule has 2 aromatic rings. The fraction of sp³-hybridized carbons (Fsp3) is 0.438. The van der Waals surface area contributed by atoms with Crippen molar-refractivity contribution in [2.75, 3.05) is 0 Å². The van der Waals surface area contributed by atoms with Crippen molar-refractivity contribution in [1.82, 2.24) is 9.13 Å². The molecular weight excluding hydrogens is 252 g/mol. The number of imidazole rings is 1. The van der Waals surface area contributed by atoms with Gasteiger partial charge in [0.05, 0.1) is 11.3 Å². The molecule has 4 nitrogen and oxygen atoms in total. The fourth-order valence-electron chi connectivity index (χ4n) is 2.50. The van der Waals surface area contributed by atoms with Gasteiger partial charge in [-0.15, -0.1) is 0 Å². The summed E-state index contributed by atoms with van der Waals surface area (Å²) in [7, 11) is 0. The minimum absolute atomic E-state index is 0.0257. The number of rotatable bonds is 4. The number of nitrogens with zero attached hydrogens (tertiary/aromatic N) is 2. The van der Waals surface area contributed by atoms with Gasteiger partial charge in [-0.2, -0.15) is 0 Å². The summed E-state index contributed by atoms with van der Waals surface area (Å²) in [5, 5.41) is 10.0. The van der Waals surface area contributed by atoms with E-state index in [9.17, 15) is 9.90 Å². The highest BCUT2D eigenvalue weighted by Crippen LogP contribution is 2.38. The Morgan fingerprint density at radius 2 is 2.05 bits per heavy atom. The van der Waals surface area contributed by atoms with E-state index in [4.69, 9.17) is 0 Å². The Hall–Kier alpha value is -1.81. The van der Waals surface area contributed by atoms with E-state index >= 15 is 0 Å². The molecule has 106 valence electrons. The Kier molecular flexibility index (Phi) is 3.05. The Bertz CT molecular complexity index is 678. The van der Waals surface area contributed by atoms with Crippen LogP contribution in [-0.4, -0.2) is 19.8 Å². The van der Waals surface area contributed by atoms with Crippen LogP contribution in [0, 0.1) is 0 Å². The van der Waals surface area contributed by atoms with E-state index in [1.807, 2.05) is 44.3 Å². The van der Waals surface area contributed by atoms with E-state index in [0.717, 1.165) is 24.1 Å². The average molecular weight is 272 g/mol. The summed E-state index contributed by atoms with van der Waals surface area (Å²) in [6, 6.07) is 8.01. The minimum Gasteiger partial charge on any atom is -0.390 e. The van der Waals surface area contributed by atoms with Gasteiger partial charge in [-0.05, 0) is 44.4 Å². The lowest BCUT2D eigenvalue weighted by atomic mass is 10.1. The summed E-state index contributed by atoms with van der Waals surface area (Å²) in [6.45, 7) is 3.98. The Morgan fingerprint density at radius 1 is 1.30 bits per heavy atom. The molecular formula is C16H20N2O2. The minimum atomic E-state index is -0.506. The third-order valence-corrected chi connectivity index (χ3v) is 3.91. The predicted octanol–water partition coefficient (Wildman–Crippen LogP) is 2.29. The lowest BCUT2D eigenvalue weighted by Gasteiger charge is -2.09. The Morgan fingerprint density at radius 3 is 2.65 bits per heavy atom. The molecule has 1 aliphatic carbocycles. The van der Waals surface area contributed by atoms with Gasteiger partial charge in [0.1, 0.15) is 0 Å². The Balaban J connectivity index is 1.94.